The zero-order chi connectivity index (χ0) is 13.0. The number of hydrogen-bond donors (Lipinski definition) is 1. The van der Waals surface area contributed by atoms with Crippen LogP contribution in [0.3, 0.4) is 0 Å². The van der Waals surface area contributed by atoms with Crippen LogP contribution in [0.4, 0.5) is 0 Å². The summed E-state index contributed by atoms with van der Waals surface area (Å²) in [5, 5.41) is 9.08. The van der Waals surface area contributed by atoms with Gasteiger partial charge in [-0.1, -0.05) is 6.92 Å². The summed E-state index contributed by atoms with van der Waals surface area (Å²) in [5.74, 6) is 1.33. The molecule has 1 fully saturated rings. The summed E-state index contributed by atoms with van der Waals surface area (Å²) in [6, 6.07) is 3.21. The molecule has 0 aliphatic carbocycles. The molecule has 1 aliphatic heterocycles. The van der Waals surface area contributed by atoms with E-state index in [1.807, 2.05) is 0 Å². The van der Waals surface area contributed by atoms with E-state index in [1.54, 1.807) is 0 Å². The Hall–Kier alpha value is -0.480. The van der Waals surface area contributed by atoms with Crippen LogP contribution < -0.4 is 5.32 Å². The van der Waals surface area contributed by atoms with Gasteiger partial charge in [0.25, 0.3) is 0 Å². The molecule has 0 aromatic carbocycles. The quantitative estimate of drug-likeness (QED) is 0.859. The minimum Gasteiger partial charge on any atom is -0.313 e. The van der Waals surface area contributed by atoms with Gasteiger partial charge in [0.15, 0.2) is 0 Å². The highest BCUT2D eigenvalue weighted by Gasteiger charge is 2.25. The first-order valence-corrected chi connectivity index (χ1v) is 8.14. The number of aromatic nitrogens is 2. The summed E-state index contributed by atoms with van der Waals surface area (Å²) in [6.07, 6.45) is 5.89. The highest BCUT2D eigenvalue weighted by molar-refractivity contribution is 8.00. The van der Waals surface area contributed by atoms with Gasteiger partial charge in [-0.2, -0.15) is 16.9 Å². The fourth-order valence-electron chi connectivity index (χ4n) is 2.52. The van der Waals surface area contributed by atoms with Gasteiger partial charge in [0.1, 0.15) is 0 Å². The topological polar surface area (TPSA) is 29.9 Å². The average Bonchev–Trinajstić information content (AvgIpc) is 2.99. The van der Waals surface area contributed by atoms with Gasteiger partial charge in [0, 0.05) is 30.0 Å². The SMILES string of the molecule is CCNC(Cc1ccn(C(C)C)n1)C1CCCS1. The highest BCUT2D eigenvalue weighted by Crippen LogP contribution is 2.30. The lowest BCUT2D eigenvalue weighted by molar-refractivity contribution is 0.478. The molecular formula is C14H25N3S. The zero-order valence-electron chi connectivity index (χ0n) is 11.7. The fraction of sp³-hybridized carbons (Fsp3) is 0.786. The second-order valence-corrected chi connectivity index (χ2v) is 6.65. The van der Waals surface area contributed by atoms with Crippen LogP contribution in [0.1, 0.15) is 45.3 Å². The summed E-state index contributed by atoms with van der Waals surface area (Å²) in [4.78, 5) is 0. The van der Waals surface area contributed by atoms with E-state index in [1.165, 1.54) is 24.3 Å². The van der Waals surface area contributed by atoms with Crippen LogP contribution in [0, 0.1) is 0 Å². The Bertz CT molecular complexity index is 356. The lowest BCUT2D eigenvalue weighted by Gasteiger charge is -2.22. The summed E-state index contributed by atoms with van der Waals surface area (Å²) in [5.41, 5.74) is 1.22. The predicted octanol–water partition coefficient (Wildman–Crippen LogP) is 2.88. The Labute approximate surface area is 115 Å². The van der Waals surface area contributed by atoms with Crippen LogP contribution in [0.15, 0.2) is 12.3 Å². The third kappa shape index (κ3) is 3.51. The maximum absolute atomic E-state index is 4.67. The molecule has 102 valence electrons. The number of likely N-dealkylation sites (N-methyl/N-ethyl adjacent to an activating group) is 1. The molecule has 1 aromatic heterocycles. The zero-order valence-corrected chi connectivity index (χ0v) is 12.5. The van der Waals surface area contributed by atoms with Crippen molar-refractivity contribution in [1.82, 2.24) is 15.1 Å². The van der Waals surface area contributed by atoms with Crippen molar-refractivity contribution >= 4 is 11.8 Å². The number of nitrogens with one attached hydrogen (secondary N) is 1. The number of nitrogens with zero attached hydrogens (tertiary/aromatic N) is 2. The van der Waals surface area contributed by atoms with Gasteiger partial charge in [0.2, 0.25) is 0 Å². The molecule has 2 unspecified atom stereocenters. The van der Waals surface area contributed by atoms with Gasteiger partial charge in [-0.05, 0) is 45.1 Å². The lowest BCUT2D eigenvalue weighted by Crippen LogP contribution is -2.39. The van der Waals surface area contributed by atoms with E-state index < -0.39 is 0 Å². The van der Waals surface area contributed by atoms with Crippen LogP contribution in [0.25, 0.3) is 0 Å². The summed E-state index contributed by atoms with van der Waals surface area (Å²) >= 11 is 2.13. The molecule has 1 aliphatic rings. The van der Waals surface area contributed by atoms with Crippen LogP contribution in [0.5, 0.6) is 0 Å². The largest absolute Gasteiger partial charge is 0.313 e. The Kier molecular flexibility index (Phi) is 5.13. The number of thioether (sulfide) groups is 1. The van der Waals surface area contributed by atoms with E-state index in [2.05, 4.69) is 59.9 Å². The van der Waals surface area contributed by atoms with E-state index in [0.29, 0.717) is 12.1 Å². The highest BCUT2D eigenvalue weighted by atomic mass is 32.2. The van der Waals surface area contributed by atoms with Gasteiger partial charge in [-0.15, -0.1) is 0 Å². The molecule has 2 heterocycles. The Morgan fingerprint density at radius 1 is 1.56 bits per heavy atom. The Balaban J connectivity index is 1.98. The standard InChI is InChI=1S/C14H25N3S/c1-4-15-13(14-6-5-9-18-14)10-12-7-8-17(16-12)11(2)3/h7-8,11,13-15H,4-6,9-10H2,1-3H3. The minimum atomic E-state index is 0.456. The number of hydrogen-bond acceptors (Lipinski definition) is 3. The predicted molar refractivity (Wildman–Crippen MR) is 79.3 cm³/mol. The molecule has 3 nitrogen and oxygen atoms in total. The molecule has 1 aromatic rings. The molecule has 0 bridgehead atoms. The summed E-state index contributed by atoms with van der Waals surface area (Å²) in [7, 11) is 0. The first kappa shape index (κ1) is 13.9. The van der Waals surface area contributed by atoms with E-state index >= 15 is 0 Å². The van der Waals surface area contributed by atoms with Gasteiger partial charge in [0.05, 0.1) is 5.69 Å². The second kappa shape index (κ2) is 6.62. The van der Waals surface area contributed by atoms with Gasteiger partial charge in [-0.25, -0.2) is 0 Å². The average molecular weight is 267 g/mol. The van der Waals surface area contributed by atoms with E-state index in [-0.39, 0.29) is 0 Å². The third-order valence-electron chi connectivity index (χ3n) is 3.50. The molecule has 2 atom stereocenters. The van der Waals surface area contributed by atoms with Crippen molar-refractivity contribution in [3.8, 4) is 0 Å². The van der Waals surface area contributed by atoms with Crippen LogP contribution in [0.2, 0.25) is 0 Å². The maximum Gasteiger partial charge on any atom is 0.0640 e. The summed E-state index contributed by atoms with van der Waals surface area (Å²) in [6.45, 7) is 7.59. The van der Waals surface area contributed by atoms with Crippen molar-refractivity contribution in [1.29, 1.82) is 0 Å². The molecule has 4 heteroatoms. The van der Waals surface area contributed by atoms with E-state index in [4.69, 9.17) is 0 Å². The molecule has 2 rings (SSSR count). The van der Waals surface area contributed by atoms with Crippen LogP contribution in [-0.4, -0.2) is 33.4 Å². The third-order valence-corrected chi connectivity index (χ3v) is 5.02. The molecular weight excluding hydrogens is 242 g/mol. The van der Waals surface area contributed by atoms with Crippen molar-refractivity contribution < 1.29 is 0 Å². The normalized spacial score (nSPS) is 21.7. The molecule has 1 N–H and O–H groups in total. The van der Waals surface area contributed by atoms with Crippen molar-refractivity contribution in [2.75, 3.05) is 12.3 Å². The van der Waals surface area contributed by atoms with Crippen molar-refractivity contribution in [2.45, 2.75) is 57.4 Å². The van der Waals surface area contributed by atoms with Crippen molar-refractivity contribution in [3.05, 3.63) is 18.0 Å². The maximum atomic E-state index is 4.67. The lowest BCUT2D eigenvalue weighted by atomic mass is 10.0. The van der Waals surface area contributed by atoms with Crippen molar-refractivity contribution in [2.24, 2.45) is 0 Å². The molecule has 0 spiro atoms. The molecule has 0 radical (unpaired) electrons. The van der Waals surface area contributed by atoms with Crippen molar-refractivity contribution in [3.63, 3.8) is 0 Å². The minimum absolute atomic E-state index is 0.456. The van der Waals surface area contributed by atoms with Gasteiger partial charge in [-0.3, -0.25) is 4.68 Å². The van der Waals surface area contributed by atoms with Crippen LogP contribution in [-0.2, 0) is 6.42 Å². The molecule has 18 heavy (non-hydrogen) atoms. The van der Waals surface area contributed by atoms with E-state index in [9.17, 15) is 0 Å². The molecule has 0 saturated carbocycles. The van der Waals surface area contributed by atoms with Gasteiger partial charge >= 0.3 is 0 Å². The first-order chi connectivity index (χ1) is 8.70. The fourth-order valence-corrected chi connectivity index (χ4v) is 3.91. The molecule has 0 amide bonds. The second-order valence-electron chi connectivity index (χ2n) is 5.30. The first-order valence-electron chi connectivity index (χ1n) is 7.09. The smallest absolute Gasteiger partial charge is 0.0640 e. The molecule has 1 saturated heterocycles. The van der Waals surface area contributed by atoms with Gasteiger partial charge < -0.3 is 5.32 Å². The summed E-state index contributed by atoms with van der Waals surface area (Å²) < 4.78 is 2.06. The number of rotatable bonds is 6. The monoisotopic (exact) mass is 267 g/mol. The van der Waals surface area contributed by atoms with Crippen LogP contribution >= 0.6 is 11.8 Å². The Morgan fingerprint density at radius 2 is 2.39 bits per heavy atom. The Morgan fingerprint density at radius 3 is 2.94 bits per heavy atom. The van der Waals surface area contributed by atoms with E-state index in [0.717, 1.165) is 18.2 Å².